The molecule has 0 aromatic heterocycles. The van der Waals surface area contributed by atoms with Crippen LogP contribution in [0.3, 0.4) is 0 Å². The molecular formula is C6H12N2O. The standard InChI is InChI=1S/C6H12N2O/c7-8(5-9)6-3-1-2-4-6/h5-6H,1-4,7H2. The highest BCUT2D eigenvalue weighted by Crippen LogP contribution is 2.20. The molecule has 52 valence electrons. The Bertz CT molecular complexity index is 99.2. The molecule has 3 nitrogen and oxygen atoms in total. The van der Waals surface area contributed by atoms with Crippen molar-refractivity contribution in [2.75, 3.05) is 0 Å². The molecule has 0 heterocycles. The Hall–Kier alpha value is -0.570. The molecule has 2 N–H and O–H groups in total. The SMILES string of the molecule is NN(C=O)C1CCCC1. The lowest BCUT2D eigenvalue weighted by Gasteiger charge is -2.17. The smallest absolute Gasteiger partial charge is 0.223 e. The number of nitrogens with two attached hydrogens (primary N) is 1. The van der Waals surface area contributed by atoms with Gasteiger partial charge >= 0.3 is 0 Å². The maximum atomic E-state index is 10.1. The predicted octanol–water partition coefficient (Wildman–Crippen LogP) is 0.261. The highest BCUT2D eigenvalue weighted by Gasteiger charge is 2.18. The molecular weight excluding hydrogens is 116 g/mol. The summed E-state index contributed by atoms with van der Waals surface area (Å²) >= 11 is 0. The van der Waals surface area contributed by atoms with Crippen LogP contribution >= 0.6 is 0 Å². The fourth-order valence-corrected chi connectivity index (χ4v) is 1.29. The van der Waals surface area contributed by atoms with Crippen molar-refractivity contribution in [2.45, 2.75) is 31.7 Å². The minimum absolute atomic E-state index is 0.322. The van der Waals surface area contributed by atoms with Crippen LogP contribution in [0.5, 0.6) is 0 Å². The topological polar surface area (TPSA) is 46.3 Å². The van der Waals surface area contributed by atoms with Gasteiger partial charge < -0.3 is 0 Å². The number of rotatable bonds is 2. The Morgan fingerprint density at radius 2 is 2.00 bits per heavy atom. The van der Waals surface area contributed by atoms with Crippen molar-refractivity contribution in [3.05, 3.63) is 0 Å². The molecule has 0 unspecified atom stereocenters. The first kappa shape index (κ1) is 6.55. The molecule has 1 amide bonds. The van der Waals surface area contributed by atoms with E-state index in [1.807, 2.05) is 0 Å². The molecule has 3 heteroatoms. The summed E-state index contributed by atoms with van der Waals surface area (Å²) in [6.07, 6.45) is 5.29. The number of hydrogen-bond acceptors (Lipinski definition) is 2. The van der Waals surface area contributed by atoms with Crippen molar-refractivity contribution >= 4 is 6.41 Å². The van der Waals surface area contributed by atoms with Crippen molar-refractivity contribution in [1.29, 1.82) is 0 Å². The number of amides is 1. The minimum atomic E-state index is 0.322. The van der Waals surface area contributed by atoms with Gasteiger partial charge in [0, 0.05) is 6.04 Å². The van der Waals surface area contributed by atoms with E-state index in [-0.39, 0.29) is 0 Å². The molecule has 0 spiro atoms. The summed E-state index contributed by atoms with van der Waals surface area (Å²) in [7, 11) is 0. The molecule has 0 atom stereocenters. The second kappa shape index (κ2) is 2.82. The van der Waals surface area contributed by atoms with Crippen LogP contribution < -0.4 is 5.84 Å². The van der Waals surface area contributed by atoms with Gasteiger partial charge in [-0.15, -0.1) is 0 Å². The summed E-state index contributed by atoms with van der Waals surface area (Å²) in [6, 6.07) is 0.322. The van der Waals surface area contributed by atoms with Crippen LogP contribution in [0.4, 0.5) is 0 Å². The molecule has 1 fully saturated rings. The predicted molar refractivity (Wildman–Crippen MR) is 34.3 cm³/mol. The van der Waals surface area contributed by atoms with Crippen molar-refractivity contribution in [3.63, 3.8) is 0 Å². The summed E-state index contributed by atoms with van der Waals surface area (Å²) in [4.78, 5) is 10.1. The normalized spacial score (nSPS) is 20.1. The van der Waals surface area contributed by atoms with E-state index in [1.165, 1.54) is 17.9 Å². The Labute approximate surface area is 54.8 Å². The largest absolute Gasteiger partial charge is 0.280 e. The third kappa shape index (κ3) is 1.42. The van der Waals surface area contributed by atoms with E-state index in [1.54, 1.807) is 0 Å². The van der Waals surface area contributed by atoms with Gasteiger partial charge in [-0.05, 0) is 12.8 Å². The highest BCUT2D eigenvalue weighted by atomic mass is 16.1. The lowest BCUT2D eigenvalue weighted by molar-refractivity contribution is -0.120. The zero-order chi connectivity index (χ0) is 6.69. The van der Waals surface area contributed by atoms with E-state index < -0.39 is 0 Å². The molecule has 9 heavy (non-hydrogen) atoms. The Morgan fingerprint density at radius 3 is 2.44 bits per heavy atom. The number of hydrogen-bond donors (Lipinski definition) is 1. The van der Waals surface area contributed by atoms with Gasteiger partial charge in [0.2, 0.25) is 6.41 Å². The highest BCUT2D eigenvalue weighted by molar-refractivity contribution is 5.46. The van der Waals surface area contributed by atoms with Gasteiger partial charge in [-0.3, -0.25) is 9.80 Å². The summed E-state index contributed by atoms with van der Waals surface area (Å²) in [5.74, 6) is 5.34. The third-order valence-electron chi connectivity index (χ3n) is 1.87. The van der Waals surface area contributed by atoms with Crippen LogP contribution in [0.25, 0.3) is 0 Å². The average Bonchev–Trinajstić information content (AvgIpc) is 2.37. The molecule has 0 bridgehead atoms. The van der Waals surface area contributed by atoms with Crippen LogP contribution in [0, 0.1) is 0 Å². The molecule has 0 radical (unpaired) electrons. The van der Waals surface area contributed by atoms with Gasteiger partial charge in [-0.25, -0.2) is 5.84 Å². The van der Waals surface area contributed by atoms with E-state index in [9.17, 15) is 4.79 Å². The van der Waals surface area contributed by atoms with Gasteiger partial charge in [0.25, 0.3) is 0 Å². The molecule has 0 aromatic rings. The van der Waals surface area contributed by atoms with Crippen LogP contribution in [-0.4, -0.2) is 17.5 Å². The first-order valence-corrected chi connectivity index (χ1v) is 3.33. The van der Waals surface area contributed by atoms with Crippen LogP contribution in [0.15, 0.2) is 0 Å². The van der Waals surface area contributed by atoms with Crippen molar-refractivity contribution in [3.8, 4) is 0 Å². The summed E-state index contributed by atoms with van der Waals surface area (Å²) in [6.45, 7) is 0. The van der Waals surface area contributed by atoms with Crippen molar-refractivity contribution in [1.82, 2.24) is 5.01 Å². The second-order valence-corrected chi connectivity index (χ2v) is 2.49. The third-order valence-corrected chi connectivity index (χ3v) is 1.87. The van der Waals surface area contributed by atoms with Gasteiger partial charge in [-0.2, -0.15) is 0 Å². The Morgan fingerprint density at radius 1 is 1.44 bits per heavy atom. The number of carbonyl (C=O) groups is 1. The van der Waals surface area contributed by atoms with Crippen LogP contribution in [0.1, 0.15) is 25.7 Å². The molecule has 0 saturated heterocycles. The second-order valence-electron chi connectivity index (χ2n) is 2.49. The number of nitrogens with zero attached hydrogens (tertiary/aromatic N) is 1. The molecule has 1 saturated carbocycles. The minimum Gasteiger partial charge on any atom is -0.280 e. The van der Waals surface area contributed by atoms with Crippen molar-refractivity contribution in [2.24, 2.45) is 5.84 Å². The van der Waals surface area contributed by atoms with Crippen molar-refractivity contribution < 1.29 is 4.79 Å². The molecule has 1 rings (SSSR count). The number of hydrazine groups is 1. The average molecular weight is 128 g/mol. The van der Waals surface area contributed by atoms with E-state index in [0.717, 1.165) is 12.8 Å². The first-order chi connectivity index (χ1) is 4.34. The fourth-order valence-electron chi connectivity index (χ4n) is 1.29. The quantitative estimate of drug-likeness (QED) is 0.251. The van der Waals surface area contributed by atoms with Crippen LogP contribution in [-0.2, 0) is 4.79 Å². The molecule has 1 aliphatic carbocycles. The lowest BCUT2D eigenvalue weighted by atomic mass is 10.2. The van der Waals surface area contributed by atoms with Crippen LogP contribution in [0.2, 0.25) is 0 Å². The van der Waals surface area contributed by atoms with E-state index in [4.69, 9.17) is 5.84 Å². The monoisotopic (exact) mass is 128 g/mol. The van der Waals surface area contributed by atoms with E-state index in [2.05, 4.69) is 0 Å². The zero-order valence-corrected chi connectivity index (χ0v) is 5.42. The van der Waals surface area contributed by atoms with Gasteiger partial charge in [0.1, 0.15) is 0 Å². The van der Waals surface area contributed by atoms with Gasteiger partial charge in [0.15, 0.2) is 0 Å². The van der Waals surface area contributed by atoms with E-state index >= 15 is 0 Å². The zero-order valence-electron chi connectivity index (χ0n) is 5.42. The fraction of sp³-hybridized carbons (Fsp3) is 0.833. The summed E-state index contributed by atoms with van der Waals surface area (Å²) in [5, 5.41) is 1.28. The van der Waals surface area contributed by atoms with Gasteiger partial charge in [0.05, 0.1) is 0 Å². The molecule has 0 aliphatic heterocycles. The maximum absolute atomic E-state index is 10.1. The molecule has 1 aliphatic rings. The Balaban J connectivity index is 2.32. The Kier molecular flexibility index (Phi) is 2.05. The summed E-state index contributed by atoms with van der Waals surface area (Å²) in [5.41, 5.74) is 0. The number of carbonyl (C=O) groups excluding carboxylic acids is 1. The van der Waals surface area contributed by atoms with E-state index in [0.29, 0.717) is 12.5 Å². The first-order valence-electron chi connectivity index (χ1n) is 3.33. The maximum Gasteiger partial charge on any atom is 0.223 e. The molecule has 0 aromatic carbocycles. The van der Waals surface area contributed by atoms with Gasteiger partial charge in [-0.1, -0.05) is 12.8 Å². The lowest BCUT2D eigenvalue weighted by Crippen LogP contribution is -2.37. The summed E-state index contributed by atoms with van der Waals surface area (Å²) < 4.78 is 0.